The zero-order valence-electron chi connectivity index (χ0n) is 12.2. The summed E-state index contributed by atoms with van der Waals surface area (Å²) in [6, 6.07) is 6.49. The van der Waals surface area contributed by atoms with Crippen molar-refractivity contribution in [3.8, 4) is 0 Å². The van der Waals surface area contributed by atoms with Gasteiger partial charge in [-0.25, -0.2) is 0 Å². The Bertz CT molecular complexity index is 570. The average molecular weight is 336 g/mol. The van der Waals surface area contributed by atoms with Crippen LogP contribution in [0.3, 0.4) is 0 Å². The summed E-state index contributed by atoms with van der Waals surface area (Å²) in [4.78, 5) is 12.1. The normalized spacial score (nSPS) is 36.0. The van der Waals surface area contributed by atoms with Gasteiger partial charge in [0.15, 0.2) is 0 Å². The van der Waals surface area contributed by atoms with E-state index in [0.29, 0.717) is 5.92 Å². The molecule has 0 spiro atoms. The summed E-state index contributed by atoms with van der Waals surface area (Å²) in [5.74, 6) is 0.245. The summed E-state index contributed by atoms with van der Waals surface area (Å²) in [6.45, 7) is 4.42. The van der Waals surface area contributed by atoms with Crippen molar-refractivity contribution in [2.45, 2.75) is 51.4 Å². The summed E-state index contributed by atoms with van der Waals surface area (Å²) in [5.41, 5.74) is 8.35. The minimum Gasteiger partial charge on any atom is -0.369 e. The predicted molar refractivity (Wildman–Crippen MR) is 84.5 cm³/mol. The van der Waals surface area contributed by atoms with E-state index in [2.05, 4.69) is 48.0 Å². The molecular weight excluding hydrogens is 314 g/mol. The molecule has 1 fully saturated rings. The molecule has 1 aromatic carbocycles. The number of halogens is 1. The minimum absolute atomic E-state index is 0.0827. The quantitative estimate of drug-likeness (QED) is 0.829. The topological polar surface area (TPSA) is 43.1 Å². The van der Waals surface area contributed by atoms with Crippen LogP contribution in [0.15, 0.2) is 22.7 Å². The van der Waals surface area contributed by atoms with E-state index in [9.17, 15) is 4.79 Å². The molecule has 20 heavy (non-hydrogen) atoms. The maximum atomic E-state index is 12.1. The van der Waals surface area contributed by atoms with Gasteiger partial charge in [-0.3, -0.25) is 4.79 Å². The lowest BCUT2D eigenvalue weighted by Crippen LogP contribution is -2.54. The van der Waals surface area contributed by atoms with E-state index in [-0.39, 0.29) is 16.7 Å². The van der Waals surface area contributed by atoms with Crippen molar-refractivity contribution in [3.05, 3.63) is 33.8 Å². The second kappa shape index (κ2) is 4.59. The van der Waals surface area contributed by atoms with E-state index in [1.807, 2.05) is 0 Å². The van der Waals surface area contributed by atoms with Crippen LogP contribution in [0.2, 0.25) is 0 Å². The Morgan fingerprint density at radius 1 is 1.35 bits per heavy atom. The smallest absolute Gasteiger partial charge is 0.223 e. The maximum Gasteiger partial charge on any atom is 0.223 e. The molecule has 3 rings (SSSR count). The fraction of sp³-hybridized carbons (Fsp3) is 0.588. The first kappa shape index (κ1) is 14.1. The first-order valence-electron chi connectivity index (χ1n) is 7.47. The molecule has 0 saturated heterocycles. The summed E-state index contributed by atoms with van der Waals surface area (Å²) in [5, 5.41) is 0. The Labute approximate surface area is 129 Å². The molecule has 2 nitrogen and oxygen atoms in total. The zero-order chi connectivity index (χ0) is 14.5. The number of rotatable bonds is 1. The molecule has 0 bridgehead atoms. The van der Waals surface area contributed by atoms with Crippen LogP contribution >= 0.6 is 15.9 Å². The largest absolute Gasteiger partial charge is 0.369 e. The molecule has 1 saturated carbocycles. The van der Waals surface area contributed by atoms with Crippen molar-refractivity contribution in [2.75, 3.05) is 0 Å². The molecule has 0 radical (unpaired) electrons. The van der Waals surface area contributed by atoms with Crippen molar-refractivity contribution in [1.82, 2.24) is 0 Å². The fourth-order valence-electron chi connectivity index (χ4n) is 4.77. The summed E-state index contributed by atoms with van der Waals surface area (Å²) in [7, 11) is 0. The molecule has 1 amide bonds. The van der Waals surface area contributed by atoms with E-state index in [4.69, 9.17) is 5.73 Å². The number of nitrogens with two attached hydrogens (primary N) is 1. The van der Waals surface area contributed by atoms with Crippen LogP contribution < -0.4 is 5.73 Å². The molecule has 3 heteroatoms. The third-order valence-corrected chi connectivity index (χ3v) is 6.65. The highest BCUT2D eigenvalue weighted by atomic mass is 79.9. The number of carbonyl (C=O) groups excluding carboxylic acids is 1. The molecule has 0 aromatic heterocycles. The first-order valence-corrected chi connectivity index (χ1v) is 8.27. The molecular formula is C17H22BrNO. The van der Waals surface area contributed by atoms with Gasteiger partial charge in [0.2, 0.25) is 5.91 Å². The van der Waals surface area contributed by atoms with E-state index in [1.165, 1.54) is 15.6 Å². The SMILES string of the molecule is CC1(C(N)=O)CCCC2(C)c3cccc(Br)c3CCC12. The standard InChI is InChI=1S/C17H22BrNO/c1-16-9-4-10-17(2,15(19)20)14(16)8-7-11-12(16)5-3-6-13(11)18/h3,5-6,14H,4,7-10H2,1-2H3,(H2,19,20). The molecule has 0 aliphatic heterocycles. The Balaban J connectivity index is 2.14. The first-order chi connectivity index (χ1) is 9.39. The highest BCUT2D eigenvalue weighted by Crippen LogP contribution is 2.57. The maximum absolute atomic E-state index is 12.1. The second-order valence-electron chi connectivity index (χ2n) is 6.91. The van der Waals surface area contributed by atoms with Crippen LogP contribution in [-0.4, -0.2) is 5.91 Å². The zero-order valence-corrected chi connectivity index (χ0v) is 13.8. The van der Waals surface area contributed by atoms with Crippen LogP contribution in [-0.2, 0) is 16.6 Å². The highest BCUT2D eigenvalue weighted by molar-refractivity contribution is 9.10. The number of hydrogen-bond acceptors (Lipinski definition) is 1. The van der Waals surface area contributed by atoms with Gasteiger partial charge in [0, 0.05) is 9.89 Å². The summed E-state index contributed by atoms with van der Waals surface area (Å²) in [6.07, 6.45) is 5.28. The van der Waals surface area contributed by atoms with E-state index >= 15 is 0 Å². The molecule has 108 valence electrons. The molecule has 1 aromatic rings. The summed E-state index contributed by atoms with van der Waals surface area (Å²) >= 11 is 3.69. The van der Waals surface area contributed by atoms with E-state index < -0.39 is 0 Å². The number of carbonyl (C=O) groups is 1. The van der Waals surface area contributed by atoms with Crippen molar-refractivity contribution in [2.24, 2.45) is 17.1 Å². The van der Waals surface area contributed by atoms with Gasteiger partial charge in [-0.2, -0.15) is 0 Å². The Morgan fingerprint density at radius 2 is 2.10 bits per heavy atom. The molecule has 0 heterocycles. The highest BCUT2D eigenvalue weighted by Gasteiger charge is 2.54. The van der Waals surface area contributed by atoms with Crippen LogP contribution in [0.25, 0.3) is 0 Å². The van der Waals surface area contributed by atoms with Gasteiger partial charge in [0.05, 0.1) is 0 Å². The van der Waals surface area contributed by atoms with Crippen LogP contribution in [0.4, 0.5) is 0 Å². The summed E-state index contributed by atoms with van der Waals surface area (Å²) < 4.78 is 1.21. The minimum atomic E-state index is -0.354. The molecule has 3 atom stereocenters. The van der Waals surface area contributed by atoms with Crippen LogP contribution in [0.5, 0.6) is 0 Å². The van der Waals surface area contributed by atoms with Gasteiger partial charge in [-0.15, -0.1) is 0 Å². The lowest BCUT2D eigenvalue weighted by Gasteiger charge is -2.54. The van der Waals surface area contributed by atoms with Crippen molar-refractivity contribution in [1.29, 1.82) is 0 Å². The van der Waals surface area contributed by atoms with Gasteiger partial charge in [-0.05, 0) is 54.2 Å². The lowest BCUT2D eigenvalue weighted by atomic mass is 9.49. The van der Waals surface area contributed by atoms with Crippen LogP contribution in [0.1, 0.15) is 50.7 Å². The van der Waals surface area contributed by atoms with Crippen molar-refractivity contribution < 1.29 is 4.79 Å². The van der Waals surface area contributed by atoms with Crippen LogP contribution in [0, 0.1) is 11.3 Å². The van der Waals surface area contributed by atoms with Crippen molar-refractivity contribution in [3.63, 3.8) is 0 Å². The second-order valence-corrected chi connectivity index (χ2v) is 7.76. The van der Waals surface area contributed by atoms with Gasteiger partial charge in [0.25, 0.3) is 0 Å². The van der Waals surface area contributed by atoms with Gasteiger partial charge < -0.3 is 5.73 Å². The monoisotopic (exact) mass is 335 g/mol. The third kappa shape index (κ3) is 1.78. The lowest BCUT2D eigenvalue weighted by molar-refractivity contribution is -0.135. The Kier molecular flexibility index (Phi) is 3.24. The number of benzene rings is 1. The Morgan fingerprint density at radius 3 is 2.80 bits per heavy atom. The van der Waals surface area contributed by atoms with E-state index in [0.717, 1.165) is 32.1 Å². The number of hydrogen-bond donors (Lipinski definition) is 1. The third-order valence-electron chi connectivity index (χ3n) is 5.91. The fourth-order valence-corrected chi connectivity index (χ4v) is 5.33. The van der Waals surface area contributed by atoms with Crippen molar-refractivity contribution >= 4 is 21.8 Å². The number of fused-ring (bicyclic) bond motifs is 3. The number of primary amides is 1. The Hall–Kier alpha value is -0.830. The predicted octanol–water partition coefficient (Wildman–Crippen LogP) is 3.94. The van der Waals surface area contributed by atoms with E-state index in [1.54, 1.807) is 0 Å². The van der Waals surface area contributed by atoms with Gasteiger partial charge >= 0.3 is 0 Å². The molecule has 2 aliphatic carbocycles. The molecule has 2 aliphatic rings. The average Bonchev–Trinajstić information content (AvgIpc) is 2.39. The van der Waals surface area contributed by atoms with Gasteiger partial charge in [0.1, 0.15) is 0 Å². The van der Waals surface area contributed by atoms with Gasteiger partial charge in [-0.1, -0.05) is 48.3 Å². The molecule has 3 unspecified atom stereocenters. The number of amides is 1. The molecule has 2 N–H and O–H groups in total.